The van der Waals surface area contributed by atoms with Crippen molar-refractivity contribution in [2.24, 2.45) is 0 Å². The molecule has 22 heavy (non-hydrogen) atoms. The summed E-state index contributed by atoms with van der Waals surface area (Å²) >= 11 is 0. The first-order valence-corrected chi connectivity index (χ1v) is 7.45. The second-order valence-corrected chi connectivity index (χ2v) is 5.53. The van der Waals surface area contributed by atoms with E-state index in [4.69, 9.17) is 4.74 Å². The predicted molar refractivity (Wildman–Crippen MR) is 83.8 cm³/mol. The second-order valence-electron chi connectivity index (χ2n) is 5.53. The number of hydrogen-bond donors (Lipinski definition) is 1. The van der Waals surface area contributed by atoms with Crippen molar-refractivity contribution in [1.82, 2.24) is 15.1 Å². The molecule has 0 spiro atoms. The third-order valence-corrected chi connectivity index (χ3v) is 3.79. The summed E-state index contributed by atoms with van der Waals surface area (Å²) in [4.78, 5) is 26.7. The lowest BCUT2D eigenvalue weighted by Crippen LogP contribution is -2.53. The van der Waals surface area contributed by atoms with Gasteiger partial charge in [0.15, 0.2) is 6.73 Å². The molecule has 1 aromatic rings. The summed E-state index contributed by atoms with van der Waals surface area (Å²) in [6, 6.07) is 5.76. The van der Waals surface area contributed by atoms with Crippen LogP contribution in [-0.4, -0.2) is 54.6 Å². The Morgan fingerprint density at radius 1 is 1.14 bits per heavy atom. The number of aryl methyl sites for hydroxylation is 2. The van der Waals surface area contributed by atoms with Gasteiger partial charge < -0.3 is 19.9 Å². The fourth-order valence-electron chi connectivity index (χ4n) is 2.47. The van der Waals surface area contributed by atoms with Crippen molar-refractivity contribution in [2.75, 3.05) is 32.9 Å². The molecule has 6 nitrogen and oxygen atoms in total. The maximum atomic E-state index is 12.0. The lowest BCUT2D eigenvalue weighted by atomic mass is 10.1. The summed E-state index contributed by atoms with van der Waals surface area (Å²) in [5.41, 5.74) is 2.22. The summed E-state index contributed by atoms with van der Waals surface area (Å²) < 4.78 is 5.59. The van der Waals surface area contributed by atoms with Gasteiger partial charge in [-0.15, -0.1) is 0 Å². The number of rotatable bonds is 3. The first kappa shape index (κ1) is 16.1. The van der Waals surface area contributed by atoms with Crippen LogP contribution in [0.25, 0.3) is 0 Å². The first-order chi connectivity index (χ1) is 10.5. The molecule has 6 heteroatoms. The van der Waals surface area contributed by atoms with Crippen LogP contribution in [-0.2, 0) is 4.79 Å². The highest BCUT2D eigenvalue weighted by atomic mass is 16.5. The molecule has 0 unspecified atom stereocenters. The molecule has 0 radical (unpaired) electrons. The molecule has 0 saturated carbocycles. The zero-order chi connectivity index (χ0) is 16.1. The van der Waals surface area contributed by atoms with Gasteiger partial charge in [-0.25, -0.2) is 4.79 Å². The van der Waals surface area contributed by atoms with E-state index in [9.17, 15) is 9.59 Å². The van der Waals surface area contributed by atoms with Gasteiger partial charge in [0.25, 0.3) is 0 Å². The Hall–Kier alpha value is -2.24. The van der Waals surface area contributed by atoms with E-state index in [1.165, 1.54) is 5.56 Å². The van der Waals surface area contributed by atoms with Crippen LogP contribution in [0.3, 0.4) is 0 Å². The zero-order valence-electron chi connectivity index (χ0n) is 13.4. The van der Waals surface area contributed by atoms with Crippen molar-refractivity contribution in [3.63, 3.8) is 0 Å². The highest BCUT2D eigenvalue weighted by molar-refractivity contribution is 5.76. The van der Waals surface area contributed by atoms with Crippen LogP contribution in [0.2, 0.25) is 0 Å². The van der Waals surface area contributed by atoms with Gasteiger partial charge in [0.05, 0.1) is 0 Å². The number of urea groups is 1. The number of nitrogens with zero attached hydrogens (tertiary/aromatic N) is 2. The number of carbonyl (C=O) groups excluding carboxylic acids is 2. The van der Waals surface area contributed by atoms with Crippen LogP contribution < -0.4 is 10.1 Å². The summed E-state index contributed by atoms with van der Waals surface area (Å²) in [6.07, 6.45) is 0. The minimum absolute atomic E-state index is 0.0539. The molecule has 0 aromatic heterocycles. The molecule has 120 valence electrons. The van der Waals surface area contributed by atoms with E-state index in [0.29, 0.717) is 26.2 Å². The molecule has 1 aromatic carbocycles. The Morgan fingerprint density at radius 2 is 1.77 bits per heavy atom. The molecule has 0 aliphatic carbocycles. The largest absolute Gasteiger partial charge is 0.473 e. The van der Waals surface area contributed by atoms with Gasteiger partial charge in [-0.1, -0.05) is 17.7 Å². The van der Waals surface area contributed by atoms with Gasteiger partial charge in [-0.05, 0) is 25.5 Å². The molecular weight excluding hydrogens is 282 g/mol. The van der Waals surface area contributed by atoms with E-state index < -0.39 is 0 Å². The number of nitrogens with one attached hydrogen (secondary N) is 1. The molecule has 0 atom stereocenters. The normalized spacial score (nSPS) is 14.7. The first-order valence-electron chi connectivity index (χ1n) is 7.45. The van der Waals surface area contributed by atoms with Crippen LogP contribution in [0.1, 0.15) is 18.1 Å². The highest BCUT2D eigenvalue weighted by Gasteiger charge is 2.21. The molecular formula is C16H23N3O3. The summed E-state index contributed by atoms with van der Waals surface area (Å²) in [5, 5.41) is 2.75. The van der Waals surface area contributed by atoms with Crippen molar-refractivity contribution in [3.05, 3.63) is 29.3 Å². The third kappa shape index (κ3) is 4.13. The molecule has 2 rings (SSSR count). The Kier molecular flexibility index (Phi) is 5.25. The Labute approximate surface area is 131 Å². The van der Waals surface area contributed by atoms with Crippen molar-refractivity contribution >= 4 is 11.9 Å². The Bertz CT molecular complexity index is 552. The van der Waals surface area contributed by atoms with Crippen molar-refractivity contribution in [2.45, 2.75) is 20.8 Å². The van der Waals surface area contributed by atoms with Crippen LogP contribution in [0.4, 0.5) is 4.79 Å². The number of piperazine rings is 1. The molecule has 1 heterocycles. The van der Waals surface area contributed by atoms with Gasteiger partial charge >= 0.3 is 6.03 Å². The van der Waals surface area contributed by atoms with Gasteiger partial charge in [-0.2, -0.15) is 0 Å². The Balaban J connectivity index is 1.75. The molecule has 1 saturated heterocycles. The lowest BCUT2D eigenvalue weighted by molar-refractivity contribution is -0.130. The summed E-state index contributed by atoms with van der Waals surface area (Å²) in [6.45, 7) is 7.96. The third-order valence-electron chi connectivity index (χ3n) is 3.79. The summed E-state index contributed by atoms with van der Waals surface area (Å²) in [7, 11) is 0. The number of carbonyl (C=O) groups is 2. The predicted octanol–water partition coefficient (Wildman–Crippen LogP) is 1.51. The van der Waals surface area contributed by atoms with Gasteiger partial charge in [0.1, 0.15) is 5.75 Å². The van der Waals surface area contributed by atoms with Crippen molar-refractivity contribution in [3.8, 4) is 5.75 Å². The fraction of sp³-hybridized carbons (Fsp3) is 0.500. The quantitative estimate of drug-likeness (QED) is 0.861. The fourth-order valence-corrected chi connectivity index (χ4v) is 2.47. The second kappa shape index (κ2) is 7.15. The topological polar surface area (TPSA) is 61.9 Å². The van der Waals surface area contributed by atoms with E-state index in [-0.39, 0.29) is 18.7 Å². The average molecular weight is 305 g/mol. The minimum atomic E-state index is -0.159. The van der Waals surface area contributed by atoms with E-state index >= 15 is 0 Å². The van der Waals surface area contributed by atoms with Gasteiger partial charge in [0.2, 0.25) is 5.91 Å². The molecule has 1 aliphatic heterocycles. The number of hydrogen-bond acceptors (Lipinski definition) is 3. The highest BCUT2D eigenvalue weighted by Crippen LogP contribution is 2.18. The SMILES string of the molecule is CC(=O)N1CCN(C(=O)NCOc2ccc(C)cc2C)CC1. The lowest BCUT2D eigenvalue weighted by Gasteiger charge is -2.34. The average Bonchev–Trinajstić information content (AvgIpc) is 2.49. The Morgan fingerprint density at radius 3 is 2.36 bits per heavy atom. The van der Waals surface area contributed by atoms with Crippen molar-refractivity contribution in [1.29, 1.82) is 0 Å². The number of benzene rings is 1. The molecule has 1 fully saturated rings. The van der Waals surface area contributed by atoms with Crippen LogP contribution >= 0.6 is 0 Å². The van der Waals surface area contributed by atoms with E-state index in [1.54, 1.807) is 16.7 Å². The van der Waals surface area contributed by atoms with Crippen molar-refractivity contribution < 1.29 is 14.3 Å². The zero-order valence-corrected chi connectivity index (χ0v) is 13.4. The summed E-state index contributed by atoms with van der Waals surface area (Å²) in [5.74, 6) is 0.825. The monoisotopic (exact) mass is 305 g/mol. The van der Waals surface area contributed by atoms with Crippen LogP contribution in [0.5, 0.6) is 5.75 Å². The molecule has 0 bridgehead atoms. The van der Waals surface area contributed by atoms with Gasteiger partial charge in [0, 0.05) is 33.1 Å². The smallest absolute Gasteiger partial charge is 0.320 e. The van der Waals surface area contributed by atoms with E-state index in [1.807, 2.05) is 32.0 Å². The van der Waals surface area contributed by atoms with Crippen LogP contribution in [0, 0.1) is 13.8 Å². The minimum Gasteiger partial charge on any atom is -0.473 e. The molecule has 3 amide bonds. The van der Waals surface area contributed by atoms with Crippen LogP contribution in [0.15, 0.2) is 18.2 Å². The maximum Gasteiger partial charge on any atom is 0.320 e. The maximum absolute atomic E-state index is 12.0. The number of amides is 3. The number of ether oxygens (including phenoxy) is 1. The van der Waals surface area contributed by atoms with Gasteiger partial charge in [-0.3, -0.25) is 4.79 Å². The molecule has 1 N–H and O–H groups in total. The van der Waals surface area contributed by atoms with E-state index in [0.717, 1.165) is 11.3 Å². The molecule has 1 aliphatic rings. The van der Waals surface area contributed by atoms with E-state index in [2.05, 4.69) is 5.32 Å². The standard InChI is InChI=1S/C16H23N3O3/c1-12-4-5-15(13(2)10-12)22-11-17-16(21)19-8-6-18(7-9-19)14(3)20/h4-5,10H,6-9,11H2,1-3H3,(H,17,21).